The summed E-state index contributed by atoms with van der Waals surface area (Å²) in [6, 6.07) is 13.5. The fourth-order valence-corrected chi connectivity index (χ4v) is 2.08. The van der Waals surface area contributed by atoms with Crippen molar-refractivity contribution in [2.24, 2.45) is 5.92 Å². The molecule has 2 aromatic carbocycles. The number of carbonyl (C=O) groups excluding carboxylic acids is 1. The molecule has 0 heterocycles. The van der Waals surface area contributed by atoms with Crippen molar-refractivity contribution < 1.29 is 13.9 Å². The lowest BCUT2D eigenvalue weighted by Gasteiger charge is -2.12. The highest BCUT2D eigenvalue weighted by Gasteiger charge is 2.11. The van der Waals surface area contributed by atoms with Crippen LogP contribution in [0, 0.1) is 11.7 Å². The molecule has 2 aromatic rings. The van der Waals surface area contributed by atoms with Crippen LogP contribution in [-0.4, -0.2) is 19.5 Å². The Balaban J connectivity index is 0.00000288. The summed E-state index contributed by atoms with van der Waals surface area (Å²) < 4.78 is 19.1. The SMILES string of the molecule is CNCC(C)C(=O)Nc1ccc(OCc2ccccc2F)cc1.Cl. The Labute approximate surface area is 147 Å². The van der Waals surface area contributed by atoms with Gasteiger partial charge in [-0.25, -0.2) is 4.39 Å². The van der Waals surface area contributed by atoms with Gasteiger partial charge >= 0.3 is 0 Å². The topological polar surface area (TPSA) is 50.4 Å². The molecule has 1 unspecified atom stereocenters. The first-order valence-corrected chi connectivity index (χ1v) is 7.52. The fraction of sp³-hybridized carbons (Fsp3) is 0.278. The van der Waals surface area contributed by atoms with E-state index in [1.165, 1.54) is 6.07 Å². The van der Waals surface area contributed by atoms with E-state index in [-0.39, 0.29) is 36.7 Å². The zero-order chi connectivity index (χ0) is 16.7. The van der Waals surface area contributed by atoms with Gasteiger partial charge in [0.2, 0.25) is 5.91 Å². The van der Waals surface area contributed by atoms with E-state index in [9.17, 15) is 9.18 Å². The first-order chi connectivity index (χ1) is 11.1. The minimum absolute atomic E-state index is 0. The molecular weight excluding hydrogens is 331 g/mol. The summed E-state index contributed by atoms with van der Waals surface area (Å²) in [4.78, 5) is 11.9. The molecule has 6 heteroatoms. The van der Waals surface area contributed by atoms with Gasteiger partial charge in [0.1, 0.15) is 18.2 Å². The molecule has 1 amide bonds. The van der Waals surface area contributed by atoms with E-state index >= 15 is 0 Å². The molecule has 0 aliphatic rings. The van der Waals surface area contributed by atoms with Crippen molar-refractivity contribution in [2.45, 2.75) is 13.5 Å². The highest BCUT2D eigenvalue weighted by molar-refractivity contribution is 5.92. The second kappa shape index (κ2) is 9.90. The van der Waals surface area contributed by atoms with E-state index in [1.54, 1.807) is 42.5 Å². The van der Waals surface area contributed by atoms with Crippen molar-refractivity contribution in [3.05, 3.63) is 59.9 Å². The van der Waals surface area contributed by atoms with Gasteiger partial charge in [-0.2, -0.15) is 0 Å². The zero-order valence-electron chi connectivity index (χ0n) is 13.7. The van der Waals surface area contributed by atoms with E-state index in [0.717, 1.165) is 0 Å². The van der Waals surface area contributed by atoms with Crippen molar-refractivity contribution >= 4 is 24.0 Å². The molecule has 130 valence electrons. The highest BCUT2D eigenvalue weighted by Crippen LogP contribution is 2.18. The van der Waals surface area contributed by atoms with Gasteiger partial charge in [0.15, 0.2) is 0 Å². The number of hydrogen-bond donors (Lipinski definition) is 2. The number of rotatable bonds is 7. The Hall–Kier alpha value is -2.11. The summed E-state index contributed by atoms with van der Waals surface area (Å²) in [7, 11) is 1.81. The third-order valence-electron chi connectivity index (χ3n) is 3.43. The van der Waals surface area contributed by atoms with E-state index < -0.39 is 0 Å². The number of anilines is 1. The zero-order valence-corrected chi connectivity index (χ0v) is 14.5. The van der Waals surface area contributed by atoms with E-state index in [4.69, 9.17) is 4.74 Å². The molecule has 0 saturated carbocycles. The van der Waals surface area contributed by atoms with E-state index in [0.29, 0.717) is 23.5 Å². The van der Waals surface area contributed by atoms with Gasteiger partial charge in [-0.15, -0.1) is 12.4 Å². The molecule has 1 atom stereocenters. The van der Waals surface area contributed by atoms with Gasteiger partial charge in [-0.1, -0.05) is 25.1 Å². The number of amides is 1. The molecule has 0 spiro atoms. The molecule has 0 aliphatic heterocycles. The average molecular weight is 353 g/mol. The van der Waals surface area contributed by atoms with Crippen LogP contribution in [0.25, 0.3) is 0 Å². The fourth-order valence-electron chi connectivity index (χ4n) is 2.08. The van der Waals surface area contributed by atoms with Crippen LogP contribution in [0.4, 0.5) is 10.1 Å². The molecule has 2 N–H and O–H groups in total. The Morgan fingerprint density at radius 1 is 1.17 bits per heavy atom. The summed E-state index contributed by atoms with van der Waals surface area (Å²) in [5.74, 6) is 0.181. The molecule has 4 nitrogen and oxygen atoms in total. The average Bonchev–Trinajstić information content (AvgIpc) is 2.55. The predicted molar refractivity (Wildman–Crippen MR) is 96.1 cm³/mol. The maximum atomic E-state index is 13.5. The van der Waals surface area contributed by atoms with Crippen LogP contribution >= 0.6 is 12.4 Å². The van der Waals surface area contributed by atoms with Crippen LogP contribution in [0.2, 0.25) is 0 Å². The van der Waals surface area contributed by atoms with Crippen molar-refractivity contribution in [3.63, 3.8) is 0 Å². The number of benzene rings is 2. The number of nitrogens with one attached hydrogen (secondary N) is 2. The molecule has 2 rings (SSSR count). The Bertz CT molecular complexity index is 650. The first-order valence-electron chi connectivity index (χ1n) is 7.52. The molecular formula is C18H22ClFN2O2. The van der Waals surface area contributed by atoms with Gasteiger partial charge in [0, 0.05) is 23.7 Å². The van der Waals surface area contributed by atoms with Crippen LogP contribution in [0.3, 0.4) is 0 Å². The minimum atomic E-state index is -0.282. The molecule has 0 saturated heterocycles. The summed E-state index contributed by atoms with van der Waals surface area (Å²) >= 11 is 0. The maximum absolute atomic E-state index is 13.5. The van der Waals surface area contributed by atoms with Crippen molar-refractivity contribution in [3.8, 4) is 5.75 Å². The molecule has 0 aromatic heterocycles. The van der Waals surface area contributed by atoms with Crippen LogP contribution in [0.5, 0.6) is 5.75 Å². The summed E-state index contributed by atoms with van der Waals surface area (Å²) in [5.41, 5.74) is 1.21. The Morgan fingerprint density at radius 3 is 2.46 bits per heavy atom. The minimum Gasteiger partial charge on any atom is -0.489 e. The second-order valence-electron chi connectivity index (χ2n) is 5.35. The van der Waals surface area contributed by atoms with Crippen molar-refractivity contribution in [1.29, 1.82) is 0 Å². The quantitative estimate of drug-likeness (QED) is 0.800. The van der Waals surface area contributed by atoms with Gasteiger partial charge in [-0.3, -0.25) is 4.79 Å². The third-order valence-corrected chi connectivity index (χ3v) is 3.43. The van der Waals surface area contributed by atoms with Crippen molar-refractivity contribution in [2.75, 3.05) is 18.9 Å². The highest BCUT2D eigenvalue weighted by atomic mass is 35.5. The van der Waals surface area contributed by atoms with Crippen molar-refractivity contribution in [1.82, 2.24) is 5.32 Å². The van der Waals surface area contributed by atoms with Crippen LogP contribution in [0.15, 0.2) is 48.5 Å². The van der Waals surface area contributed by atoms with Gasteiger partial charge in [0.25, 0.3) is 0 Å². The molecule has 24 heavy (non-hydrogen) atoms. The molecule has 0 radical (unpaired) electrons. The lowest BCUT2D eigenvalue weighted by atomic mass is 10.1. The van der Waals surface area contributed by atoms with E-state index in [1.807, 2.05) is 14.0 Å². The number of halogens is 2. The predicted octanol–water partition coefficient (Wildman–Crippen LogP) is 3.62. The third kappa shape index (κ3) is 5.83. The lowest BCUT2D eigenvalue weighted by Crippen LogP contribution is -2.28. The second-order valence-corrected chi connectivity index (χ2v) is 5.35. The first kappa shape index (κ1) is 19.9. The van der Waals surface area contributed by atoms with Gasteiger partial charge in [-0.05, 0) is 37.4 Å². The Kier molecular flexibility index (Phi) is 8.22. The lowest BCUT2D eigenvalue weighted by molar-refractivity contribution is -0.119. The van der Waals surface area contributed by atoms with E-state index in [2.05, 4.69) is 10.6 Å². The van der Waals surface area contributed by atoms with Crippen LogP contribution in [0.1, 0.15) is 12.5 Å². The summed E-state index contributed by atoms with van der Waals surface area (Å²) in [6.45, 7) is 2.64. The molecule has 0 aliphatic carbocycles. The standard InChI is InChI=1S/C18H21FN2O2.ClH/c1-13(11-20-2)18(22)21-15-7-9-16(10-8-15)23-12-14-5-3-4-6-17(14)19;/h3-10,13,20H,11-12H2,1-2H3,(H,21,22);1H. The number of ether oxygens (including phenoxy) is 1. The summed E-state index contributed by atoms with van der Waals surface area (Å²) in [5, 5.41) is 5.81. The monoisotopic (exact) mass is 352 g/mol. The van der Waals surface area contributed by atoms with Crippen LogP contribution < -0.4 is 15.4 Å². The van der Waals surface area contributed by atoms with Gasteiger partial charge < -0.3 is 15.4 Å². The molecule has 0 fully saturated rings. The molecule has 0 bridgehead atoms. The number of carbonyl (C=O) groups is 1. The number of hydrogen-bond acceptors (Lipinski definition) is 3. The summed E-state index contributed by atoms with van der Waals surface area (Å²) in [6.07, 6.45) is 0. The Morgan fingerprint density at radius 2 is 1.83 bits per heavy atom. The largest absolute Gasteiger partial charge is 0.489 e. The van der Waals surface area contributed by atoms with Gasteiger partial charge in [0.05, 0.1) is 0 Å². The normalized spacial score (nSPS) is 11.3. The van der Waals surface area contributed by atoms with Crippen LogP contribution in [-0.2, 0) is 11.4 Å². The maximum Gasteiger partial charge on any atom is 0.228 e. The smallest absolute Gasteiger partial charge is 0.228 e.